The first-order chi connectivity index (χ1) is 12.2. The van der Waals surface area contributed by atoms with Crippen molar-refractivity contribution in [3.8, 4) is 0 Å². The molecule has 1 aliphatic heterocycles. The number of esters is 2. The van der Waals surface area contributed by atoms with Crippen molar-refractivity contribution >= 4 is 11.9 Å². The van der Waals surface area contributed by atoms with E-state index in [4.69, 9.17) is 9.47 Å². The van der Waals surface area contributed by atoms with Crippen molar-refractivity contribution in [1.29, 1.82) is 0 Å². The van der Waals surface area contributed by atoms with Crippen LogP contribution in [0.3, 0.4) is 0 Å². The van der Waals surface area contributed by atoms with Crippen molar-refractivity contribution in [3.05, 3.63) is 34.9 Å². The largest absolute Gasteiger partial charge is 0.454 e. The predicted octanol–water partition coefficient (Wildman–Crippen LogP) is 1.82. The number of rotatable bonds is 3. The van der Waals surface area contributed by atoms with E-state index in [1.54, 1.807) is 19.9 Å². The summed E-state index contributed by atoms with van der Waals surface area (Å²) in [5.41, 5.74) is 1.43. The fourth-order valence-electron chi connectivity index (χ4n) is 4.58. The topological polar surface area (TPSA) is 93.1 Å². The first-order valence-corrected chi connectivity index (χ1v) is 8.99. The Labute approximate surface area is 153 Å². The van der Waals surface area contributed by atoms with E-state index in [0.717, 1.165) is 5.57 Å². The van der Waals surface area contributed by atoms with Crippen LogP contribution in [0, 0.1) is 11.3 Å². The van der Waals surface area contributed by atoms with Crippen LogP contribution in [0.2, 0.25) is 0 Å². The fraction of sp³-hybridized carbons (Fsp3) is 0.600. The summed E-state index contributed by atoms with van der Waals surface area (Å²) < 4.78 is 11.3. The van der Waals surface area contributed by atoms with E-state index in [1.165, 1.54) is 0 Å². The number of hydrogen-bond acceptors (Lipinski definition) is 6. The van der Waals surface area contributed by atoms with Crippen LogP contribution in [0.1, 0.15) is 40.0 Å². The van der Waals surface area contributed by atoms with Gasteiger partial charge in [-0.3, -0.25) is 0 Å². The van der Waals surface area contributed by atoms with E-state index in [2.05, 4.69) is 6.58 Å². The van der Waals surface area contributed by atoms with Crippen LogP contribution in [-0.4, -0.2) is 47.1 Å². The average molecular weight is 362 g/mol. The fourth-order valence-corrected chi connectivity index (χ4v) is 4.58. The molecule has 0 aromatic rings. The molecule has 2 fully saturated rings. The maximum Gasteiger partial charge on any atom is 0.337 e. The van der Waals surface area contributed by atoms with Crippen molar-refractivity contribution in [1.82, 2.24) is 0 Å². The number of allylic oxidation sites excluding steroid dienone is 1. The number of fused-ring (bicyclic) bond motifs is 3. The molecule has 6 nitrogen and oxygen atoms in total. The van der Waals surface area contributed by atoms with Crippen LogP contribution in [0.4, 0.5) is 0 Å². The third-order valence-corrected chi connectivity index (χ3v) is 6.22. The van der Waals surface area contributed by atoms with Gasteiger partial charge in [0.1, 0.15) is 12.2 Å². The molecule has 26 heavy (non-hydrogen) atoms. The highest BCUT2D eigenvalue weighted by Gasteiger charge is 2.59. The molecule has 2 N–H and O–H groups in total. The second-order valence-corrected chi connectivity index (χ2v) is 7.68. The van der Waals surface area contributed by atoms with E-state index < -0.39 is 42.3 Å². The van der Waals surface area contributed by atoms with E-state index in [9.17, 15) is 19.8 Å². The van der Waals surface area contributed by atoms with Gasteiger partial charge >= 0.3 is 11.9 Å². The maximum atomic E-state index is 12.3. The summed E-state index contributed by atoms with van der Waals surface area (Å²) in [4.78, 5) is 24.6. The van der Waals surface area contributed by atoms with E-state index in [-0.39, 0.29) is 11.5 Å². The quantitative estimate of drug-likeness (QED) is 0.452. The number of hydrogen-bond donors (Lipinski definition) is 2. The predicted molar refractivity (Wildman–Crippen MR) is 93.9 cm³/mol. The Bertz CT molecular complexity index is 718. The summed E-state index contributed by atoms with van der Waals surface area (Å²) >= 11 is 0. The Kier molecular flexibility index (Phi) is 4.84. The van der Waals surface area contributed by atoms with Crippen LogP contribution in [0.5, 0.6) is 0 Å². The molecule has 2 aliphatic carbocycles. The molecular weight excluding hydrogens is 336 g/mol. The normalized spacial score (nSPS) is 37.2. The second kappa shape index (κ2) is 6.67. The Morgan fingerprint density at radius 2 is 2.19 bits per heavy atom. The van der Waals surface area contributed by atoms with Gasteiger partial charge in [-0.2, -0.15) is 0 Å². The number of carbonyl (C=O) groups is 2. The molecule has 0 unspecified atom stereocenters. The summed E-state index contributed by atoms with van der Waals surface area (Å²) in [6, 6.07) is 0. The number of aliphatic hydroxyl groups excluding tert-OH is 2. The van der Waals surface area contributed by atoms with Gasteiger partial charge in [-0.1, -0.05) is 25.2 Å². The molecule has 0 radical (unpaired) electrons. The molecule has 2 saturated carbocycles. The Hall–Kier alpha value is -1.92. The summed E-state index contributed by atoms with van der Waals surface area (Å²) in [5.74, 6) is -1.33. The average Bonchev–Trinajstić information content (AvgIpc) is 2.93. The molecule has 0 aromatic heterocycles. The lowest BCUT2D eigenvalue weighted by molar-refractivity contribution is -0.159. The molecule has 0 bridgehead atoms. The van der Waals surface area contributed by atoms with Gasteiger partial charge in [-0.25, -0.2) is 9.59 Å². The van der Waals surface area contributed by atoms with E-state index >= 15 is 0 Å². The Balaban J connectivity index is 2.06. The van der Waals surface area contributed by atoms with Crippen LogP contribution in [0.25, 0.3) is 0 Å². The third kappa shape index (κ3) is 2.72. The van der Waals surface area contributed by atoms with Crippen LogP contribution < -0.4 is 0 Å². The van der Waals surface area contributed by atoms with Gasteiger partial charge in [0.25, 0.3) is 0 Å². The molecular formula is C20H26O6. The zero-order valence-corrected chi connectivity index (χ0v) is 15.4. The van der Waals surface area contributed by atoms with Crippen molar-refractivity contribution in [2.45, 2.75) is 58.3 Å². The summed E-state index contributed by atoms with van der Waals surface area (Å²) in [5, 5.41) is 20.4. The Morgan fingerprint density at radius 3 is 2.81 bits per heavy atom. The number of ether oxygens (including phenoxy) is 2. The van der Waals surface area contributed by atoms with E-state index in [0.29, 0.717) is 30.4 Å². The number of carbonyl (C=O) groups excluding carboxylic acids is 2. The van der Waals surface area contributed by atoms with Gasteiger partial charge in [0, 0.05) is 22.5 Å². The molecule has 3 aliphatic rings. The smallest absolute Gasteiger partial charge is 0.337 e. The van der Waals surface area contributed by atoms with Crippen LogP contribution in [-0.2, 0) is 19.1 Å². The second-order valence-electron chi connectivity index (χ2n) is 7.68. The molecule has 5 atom stereocenters. The zero-order valence-electron chi connectivity index (χ0n) is 15.4. The van der Waals surface area contributed by atoms with Gasteiger partial charge < -0.3 is 19.7 Å². The molecule has 1 heterocycles. The molecule has 0 amide bonds. The molecule has 6 heteroatoms. The minimum atomic E-state index is -0.724. The lowest BCUT2D eigenvalue weighted by Gasteiger charge is -2.53. The van der Waals surface area contributed by atoms with Crippen molar-refractivity contribution in [2.75, 3.05) is 6.61 Å². The highest BCUT2D eigenvalue weighted by Crippen LogP contribution is 2.56. The summed E-state index contributed by atoms with van der Waals surface area (Å²) in [6.07, 6.45) is 1.24. The lowest BCUT2D eigenvalue weighted by Crippen LogP contribution is -2.56. The first kappa shape index (κ1) is 18.9. The minimum Gasteiger partial charge on any atom is -0.454 e. The number of aliphatic hydroxyl groups is 2. The summed E-state index contributed by atoms with van der Waals surface area (Å²) in [7, 11) is 0. The Morgan fingerprint density at radius 1 is 1.50 bits per heavy atom. The molecule has 0 saturated heterocycles. The van der Waals surface area contributed by atoms with Crippen molar-refractivity contribution in [2.24, 2.45) is 11.3 Å². The molecule has 0 aromatic carbocycles. The van der Waals surface area contributed by atoms with Crippen molar-refractivity contribution < 1.29 is 29.3 Å². The van der Waals surface area contributed by atoms with Crippen LogP contribution >= 0.6 is 0 Å². The van der Waals surface area contributed by atoms with Crippen LogP contribution in [0.15, 0.2) is 34.9 Å². The highest BCUT2D eigenvalue weighted by atomic mass is 16.6. The van der Waals surface area contributed by atoms with Gasteiger partial charge in [0.05, 0.1) is 18.3 Å². The first-order valence-electron chi connectivity index (χ1n) is 8.99. The van der Waals surface area contributed by atoms with Gasteiger partial charge in [0.15, 0.2) is 0 Å². The maximum absolute atomic E-state index is 12.3. The SMILES string of the molecule is C=C1CC[C@@H](O)[C@]2(C)C[C@@H](OC(=O)/C(C)=C/C)C3=C(CO)C(=O)O[C@@H]3[C@H]12. The molecule has 0 spiro atoms. The van der Waals surface area contributed by atoms with Gasteiger partial charge in [-0.15, -0.1) is 0 Å². The third-order valence-electron chi connectivity index (χ3n) is 6.22. The zero-order chi connectivity index (χ0) is 19.2. The monoisotopic (exact) mass is 362 g/mol. The lowest BCUT2D eigenvalue weighted by atomic mass is 9.55. The van der Waals surface area contributed by atoms with E-state index in [1.807, 2.05) is 6.92 Å². The molecule has 142 valence electrons. The highest BCUT2D eigenvalue weighted by molar-refractivity contribution is 5.93. The standard InChI is InChI=1S/C20H26O6/c1-5-10(2)18(23)25-13-8-20(4)14(22)7-6-11(3)16(20)17-15(13)12(9-21)19(24)26-17/h5,13-14,16-17,21-22H,3,6-9H2,1-2,4H3/b10-5+/t13-,14-,16+,17+,20+/m1/s1. The summed E-state index contributed by atoms with van der Waals surface area (Å²) in [6.45, 7) is 8.99. The van der Waals surface area contributed by atoms with Gasteiger partial charge in [-0.05, 0) is 33.1 Å². The van der Waals surface area contributed by atoms with Gasteiger partial charge in [0.2, 0.25) is 0 Å². The molecule has 3 rings (SSSR count). The van der Waals surface area contributed by atoms with Crippen molar-refractivity contribution in [3.63, 3.8) is 0 Å². The minimum absolute atomic E-state index is 0.154.